The summed E-state index contributed by atoms with van der Waals surface area (Å²) in [6.45, 7) is 8.92. The molecule has 1 heterocycles. The van der Waals surface area contributed by atoms with E-state index in [0.717, 1.165) is 75.7 Å². The minimum Gasteiger partial charge on any atom is -0.493 e. The molecule has 2 aromatic carbocycles. The smallest absolute Gasteiger partial charge is 0.312 e. The molecular weight excluding hydrogens is 469 g/mol. The van der Waals surface area contributed by atoms with Crippen molar-refractivity contribution in [1.82, 2.24) is 4.90 Å². The molecule has 0 unspecified atom stereocenters. The van der Waals surface area contributed by atoms with Crippen LogP contribution in [0.15, 0.2) is 42.5 Å². The Morgan fingerprint density at radius 2 is 1.76 bits per heavy atom. The maximum absolute atomic E-state index is 13.5. The Balaban J connectivity index is 1.73. The summed E-state index contributed by atoms with van der Waals surface area (Å²) < 4.78 is 30.9. The van der Waals surface area contributed by atoms with Gasteiger partial charge in [-0.3, -0.25) is 4.79 Å². The van der Waals surface area contributed by atoms with Crippen molar-refractivity contribution in [2.45, 2.75) is 71.8 Å². The van der Waals surface area contributed by atoms with Crippen LogP contribution >= 0.6 is 0 Å². The Hall–Kier alpha value is -2.60. The van der Waals surface area contributed by atoms with Gasteiger partial charge in [0.25, 0.3) is 0 Å². The number of esters is 1. The molecule has 1 aliphatic heterocycles. The van der Waals surface area contributed by atoms with E-state index in [4.69, 9.17) is 14.2 Å². The highest BCUT2D eigenvalue weighted by molar-refractivity contribution is 5.76. The van der Waals surface area contributed by atoms with Gasteiger partial charge in [0.2, 0.25) is 0 Å². The molecule has 6 heteroatoms. The predicted molar refractivity (Wildman–Crippen MR) is 146 cm³/mol. The van der Waals surface area contributed by atoms with Crippen molar-refractivity contribution in [2.75, 3.05) is 33.9 Å². The second kappa shape index (κ2) is 13.8. The van der Waals surface area contributed by atoms with Crippen LogP contribution < -0.4 is 9.47 Å². The lowest BCUT2D eigenvalue weighted by molar-refractivity contribution is -0.164. The van der Waals surface area contributed by atoms with Crippen molar-refractivity contribution in [3.63, 3.8) is 0 Å². The topological polar surface area (TPSA) is 48.0 Å². The molecule has 204 valence electrons. The molecule has 0 bridgehead atoms. The average Bonchev–Trinajstić information content (AvgIpc) is 2.91. The van der Waals surface area contributed by atoms with Gasteiger partial charge in [0.15, 0.2) is 11.5 Å². The van der Waals surface area contributed by atoms with Crippen molar-refractivity contribution in [3.05, 3.63) is 59.4 Å². The number of piperidine rings is 1. The highest BCUT2D eigenvalue weighted by Gasteiger charge is 2.37. The summed E-state index contributed by atoms with van der Waals surface area (Å²) in [5.74, 6) is 1.09. The van der Waals surface area contributed by atoms with E-state index in [1.165, 1.54) is 12.1 Å². The molecule has 0 amide bonds. The van der Waals surface area contributed by atoms with Crippen molar-refractivity contribution in [2.24, 2.45) is 11.3 Å². The fourth-order valence-electron chi connectivity index (χ4n) is 5.16. The van der Waals surface area contributed by atoms with Crippen LogP contribution in [-0.4, -0.2) is 44.7 Å². The fourth-order valence-corrected chi connectivity index (χ4v) is 5.16. The van der Waals surface area contributed by atoms with Crippen molar-refractivity contribution in [3.8, 4) is 11.5 Å². The van der Waals surface area contributed by atoms with Gasteiger partial charge >= 0.3 is 5.97 Å². The third kappa shape index (κ3) is 7.94. The lowest BCUT2D eigenvalue weighted by Gasteiger charge is -2.37. The molecular formula is C31H44FNO4. The van der Waals surface area contributed by atoms with Gasteiger partial charge in [-0.05, 0) is 76.4 Å². The number of ether oxygens (including phenoxy) is 3. The zero-order valence-corrected chi connectivity index (χ0v) is 23.2. The lowest BCUT2D eigenvalue weighted by Crippen LogP contribution is -2.38. The Bertz CT molecular complexity index is 983. The van der Waals surface area contributed by atoms with E-state index >= 15 is 0 Å². The molecule has 1 saturated heterocycles. The first kappa shape index (κ1) is 29.0. The van der Waals surface area contributed by atoms with Gasteiger partial charge in [0.1, 0.15) is 11.9 Å². The highest BCUT2D eigenvalue weighted by Crippen LogP contribution is 2.43. The minimum absolute atomic E-state index is 0.155. The van der Waals surface area contributed by atoms with Crippen LogP contribution in [-0.2, 0) is 16.0 Å². The van der Waals surface area contributed by atoms with Crippen molar-refractivity contribution in [1.29, 1.82) is 0 Å². The summed E-state index contributed by atoms with van der Waals surface area (Å²) >= 11 is 0. The standard InChI is InChI=1S/C31H44FNO4/c1-6-7-8-19-31(2,3)30(34)37-28(26-10-9-11-27(35-4)29(26)36-5)24-17-21-33(22-18-24)20-16-23-12-14-25(32)15-13-23/h9-15,24,28H,6-8,16-22H2,1-5H3/t28-/m1/s1. The Morgan fingerprint density at radius 3 is 2.38 bits per heavy atom. The van der Waals surface area contributed by atoms with Gasteiger partial charge in [-0.15, -0.1) is 0 Å². The van der Waals surface area contributed by atoms with Crippen molar-refractivity contribution < 1.29 is 23.4 Å². The molecule has 1 fully saturated rings. The molecule has 0 spiro atoms. The first-order chi connectivity index (χ1) is 17.8. The van der Waals surface area contributed by atoms with E-state index in [1.807, 2.05) is 44.2 Å². The van der Waals surface area contributed by atoms with E-state index in [-0.39, 0.29) is 17.7 Å². The molecule has 0 aliphatic carbocycles. The fraction of sp³-hybridized carbons (Fsp3) is 0.581. The molecule has 0 N–H and O–H groups in total. The Labute approximate surface area is 222 Å². The summed E-state index contributed by atoms with van der Waals surface area (Å²) in [5.41, 5.74) is 1.46. The number of likely N-dealkylation sites (tertiary alicyclic amines) is 1. The van der Waals surface area contributed by atoms with E-state index in [2.05, 4.69) is 11.8 Å². The zero-order chi connectivity index (χ0) is 26.8. The number of benzene rings is 2. The van der Waals surface area contributed by atoms with E-state index in [9.17, 15) is 9.18 Å². The minimum atomic E-state index is -0.546. The van der Waals surface area contributed by atoms with Crippen LogP contribution in [0.25, 0.3) is 0 Å². The molecule has 3 rings (SSSR count). The third-order valence-electron chi connectivity index (χ3n) is 7.62. The molecule has 2 aromatic rings. The molecule has 1 aliphatic rings. The van der Waals surface area contributed by atoms with Gasteiger partial charge in [-0.25, -0.2) is 4.39 Å². The van der Waals surface area contributed by atoms with Crippen LogP contribution in [0.2, 0.25) is 0 Å². The molecule has 0 radical (unpaired) electrons. The molecule has 37 heavy (non-hydrogen) atoms. The van der Waals surface area contributed by atoms with Gasteiger partial charge in [-0.2, -0.15) is 0 Å². The first-order valence-corrected chi connectivity index (χ1v) is 13.7. The number of carbonyl (C=O) groups is 1. The van der Waals surface area contributed by atoms with Crippen LogP contribution in [0.4, 0.5) is 4.39 Å². The maximum Gasteiger partial charge on any atom is 0.312 e. The van der Waals surface area contributed by atoms with Crippen LogP contribution in [0.1, 0.15) is 76.5 Å². The number of hydrogen-bond donors (Lipinski definition) is 0. The molecule has 1 atom stereocenters. The number of unbranched alkanes of at least 4 members (excludes halogenated alkanes) is 2. The number of methoxy groups -OCH3 is 2. The maximum atomic E-state index is 13.5. The summed E-state index contributed by atoms with van der Waals surface area (Å²) in [7, 11) is 3.26. The van der Waals surface area contributed by atoms with Gasteiger partial charge in [-0.1, -0.05) is 50.5 Å². The average molecular weight is 514 g/mol. The molecule has 0 aromatic heterocycles. The summed E-state index contributed by atoms with van der Waals surface area (Å²) in [6.07, 6.45) is 6.37. The third-order valence-corrected chi connectivity index (χ3v) is 7.62. The predicted octanol–water partition coefficient (Wildman–Crippen LogP) is 6.99. The summed E-state index contributed by atoms with van der Waals surface area (Å²) in [6, 6.07) is 12.5. The van der Waals surface area contributed by atoms with Crippen molar-refractivity contribution >= 4 is 5.97 Å². The highest BCUT2D eigenvalue weighted by atomic mass is 19.1. The number of hydrogen-bond acceptors (Lipinski definition) is 5. The monoisotopic (exact) mass is 513 g/mol. The van der Waals surface area contributed by atoms with Crippen LogP contribution in [0, 0.1) is 17.2 Å². The normalized spacial score (nSPS) is 15.8. The SMILES string of the molecule is CCCCCC(C)(C)C(=O)O[C@@H](c1cccc(OC)c1OC)C1CCN(CCc2ccc(F)cc2)CC1. The number of para-hydroxylation sites is 1. The van der Waals surface area contributed by atoms with Gasteiger partial charge in [0, 0.05) is 18.0 Å². The summed E-state index contributed by atoms with van der Waals surface area (Å²) in [5, 5.41) is 0. The Morgan fingerprint density at radius 1 is 1.05 bits per heavy atom. The van der Waals surface area contributed by atoms with Crippen LogP contribution in [0.5, 0.6) is 11.5 Å². The van der Waals surface area contributed by atoms with E-state index < -0.39 is 11.5 Å². The quantitative estimate of drug-likeness (QED) is 0.213. The Kier molecular flexibility index (Phi) is 10.8. The van der Waals surface area contributed by atoms with E-state index in [0.29, 0.717) is 11.5 Å². The largest absolute Gasteiger partial charge is 0.493 e. The van der Waals surface area contributed by atoms with Crippen LogP contribution in [0.3, 0.4) is 0 Å². The number of nitrogens with zero attached hydrogens (tertiary/aromatic N) is 1. The number of carbonyl (C=O) groups excluding carboxylic acids is 1. The number of rotatable bonds is 13. The second-order valence-corrected chi connectivity index (χ2v) is 10.8. The zero-order valence-electron chi connectivity index (χ0n) is 23.2. The van der Waals surface area contributed by atoms with Gasteiger partial charge in [0.05, 0.1) is 19.6 Å². The first-order valence-electron chi connectivity index (χ1n) is 13.7. The molecule has 5 nitrogen and oxygen atoms in total. The lowest BCUT2D eigenvalue weighted by atomic mass is 9.84. The second-order valence-electron chi connectivity index (χ2n) is 10.8. The molecule has 0 saturated carbocycles. The summed E-state index contributed by atoms with van der Waals surface area (Å²) in [4.78, 5) is 15.9. The van der Waals surface area contributed by atoms with Gasteiger partial charge < -0.3 is 19.1 Å². The van der Waals surface area contributed by atoms with E-state index in [1.54, 1.807) is 14.2 Å². The number of halogens is 1.